The van der Waals surface area contributed by atoms with E-state index < -0.39 is 0 Å². The Morgan fingerprint density at radius 3 is 1.09 bits per heavy atom. The molecule has 0 atom stereocenters. The topological polar surface area (TPSA) is 0 Å². The molecular weight excluding hydrogens is 273 g/mol. The average Bonchev–Trinajstić information content (AvgIpc) is 1.60. The van der Waals surface area contributed by atoms with E-state index >= 15 is 0 Å². The van der Waals surface area contributed by atoms with Gasteiger partial charge in [0.15, 0.2) is 0 Å². The van der Waals surface area contributed by atoms with Crippen molar-refractivity contribution in [2.45, 2.75) is 13.8 Å². The fourth-order valence-corrected chi connectivity index (χ4v) is 0. The zero-order valence-corrected chi connectivity index (χ0v) is 9.97. The molecule has 0 saturated heterocycles. The van der Waals surface area contributed by atoms with E-state index in [-0.39, 0.29) is 15.9 Å². The maximum atomic E-state index is 4.81. The van der Waals surface area contributed by atoms with E-state index in [9.17, 15) is 0 Å². The first-order chi connectivity index (χ1) is 4.88. The van der Waals surface area contributed by atoms with E-state index in [1.54, 1.807) is 0 Å². The van der Waals surface area contributed by atoms with Crippen LogP contribution in [0.15, 0.2) is 24.3 Å². The predicted octanol–water partition coefficient (Wildman–Crippen LogP) is 4.17. The minimum atomic E-state index is -0.106. The fraction of sp³-hybridized carbons (Fsp3) is 0.250. The summed E-state index contributed by atoms with van der Waals surface area (Å²) < 4.78 is 0. The normalized spacial score (nSPS) is 6.55. The molecule has 0 spiro atoms. The summed E-state index contributed by atoms with van der Waals surface area (Å²) in [6.07, 6.45) is 0. The molecule has 72 valence electrons. The third-order valence-corrected chi connectivity index (χ3v) is 0. The average molecular weight is 288 g/mol. The Kier molecular flexibility index (Phi) is 26.8. The van der Waals surface area contributed by atoms with E-state index in [1.165, 1.54) is 0 Å². The van der Waals surface area contributed by atoms with E-state index in [1.807, 2.05) is 13.8 Å². The van der Waals surface area contributed by atoms with Crippen LogP contribution in [0.2, 0.25) is 0 Å². The molecule has 0 bridgehead atoms. The van der Waals surface area contributed by atoms with Gasteiger partial charge in [0.2, 0.25) is 0 Å². The molecule has 0 radical (unpaired) electrons. The van der Waals surface area contributed by atoms with Crippen molar-refractivity contribution in [3.63, 3.8) is 0 Å². The number of rotatable bonds is 0. The molecule has 11 heavy (non-hydrogen) atoms. The Balaban J connectivity index is -0.0000000886. The number of hydrogen-bond donors (Lipinski definition) is 0. The van der Waals surface area contributed by atoms with Crippen LogP contribution in [0.25, 0.3) is 0 Å². The molecule has 0 aliphatic heterocycles. The Hall–Kier alpha value is 0.462. The van der Waals surface area contributed by atoms with Gasteiger partial charge in [0.25, 0.3) is 0 Å². The van der Waals surface area contributed by atoms with Crippen molar-refractivity contribution in [1.29, 1.82) is 0 Å². The van der Waals surface area contributed by atoms with Gasteiger partial charge >= 0.3 is 35.0 Å². The quantitative estimate of drug-likeness (QED) is 0.463. The second kappa shape index (κ2) is 16.8. The fourth-order valence-electron chi connectivity index (χ4n) is 0. The molecule has 0 amide bonds. The molecule has 0 aliphatic rings. The third-order valence-electron chi connectivity index (χ3n) is 0. The molecule has 0 unspecified atom stereocenters. The van der Waals surface area contributed by atoms with Crippen LogP contribution in [0.3, 0.4) is 0 Å². The van der Waals surface area contributed by atoms with Gasteiger partial charge in [-0.05, 0) is 0 Å². The second-order valence-electron chi connectivity index (χ2n) is 1.96. The van der Waals surface area contributed by atoms with Gasteiger partial charge in [0, 0.05) is 0 Å². The van der Waals surface area contributed by atoms with E-state index in [2.05, 4.69) is 27.0 Å². The Labute approximate surface area is 86.8 Å². The zero-order chi connectivity index (χ0) is 9.86. The first-order valence-corrected chi connectivity index (χ1v) is 6.66. The molecule has 0 aliphatic carbocycles. The summed E-state index contributed by atoms with van der Waals surface area (Å²) in [5, 5.41) is 0. The molecule has 0 saturated carbocycles. The molecule has 0 aromatic heterocycles. The van der Waals surface area contributed by atoms with Crippen LogP contribution in [0.1, 0.15) is 13.8 Å². The van der Waals surface area contributed by atoms with Crippen LogP contribution in [-0.2, 0) is 15.9 Å². The van der Waals surface area contributed by atoms with Crippen LogP contribution in [-0.4, -0.2) is 0 Å². The van der Waals surface area contributed by atoms with Gasteiger partial charge in [-0.2, -0.15) is 0 Å². The molecule has 0 fully saturated rings. The van der Waals surface area contributed by atoms with Crippen molar-refractivity contribution in [3.8, 4) is 0 Å². The van der Waals surface area contributed by atoms with E-state index in [0.29, 0.717) is 0 Å². The van der Waals surface area contributed by atoms with Crippen molar-refractivity contribution in [2.75, 3.05) is 0 Å². The molecule has 0 aromatic rings. The van der Waals surface area contributed by atoms with Crippen molar-refractivity contribution in [2.24, 2.45) is 0 Å². The van der Waals surface area contributed by atoms with Crippen molar-refractivity contribution in [1.82, 2.24) is 0 Å². The molecule has 0 aromatic carbocycles. The summed E-state index contributed by atoms with van der Waals surface area (Å²) in [7, 11) is 9.63. The first-order valence-electron chi connectivity index (χ1n) is 2.65. The van der Waals surface area contributed by atoms with Gasteiger partial charge in [0.1, 0.15) is 0 Å². The Morgan fingerprint density at radius 1 is 1.09 bits per heavy atom. The summed E-state index contributed by atoms with van der Waals surface area (Å²) >= 11 is -0.106. The zero-order valence-electron chi connectivity index (χ0n) is 6.90. The molecular formula is C8H14Cl2Pd-2. The predicted molar refractivity (Wildman–Crippen MR) is 52.0 cm³/mol. The standard InChI is InChI=1S/2C4H7.2ClH.Pd/c2*1-4(2)3;;;/h2*1-2H2,3H3;2*1H;/q2*-1;;;+2/p-2. The Bertz CT molecular complexity index is 80.3. The van der Waals surface area contributed by atoms with Crippen LogP contribution in [0.4, 0.5) is 0 Å². The minimum absolute atomic E-state index is 0.106. The van der Waals surface area contributed by atoms with E-state index in [4.69, 9.17) is 19.1 Å². The molecule has 0 N–H and O–H groups in total. The monoisotopic (exact) mass is 286 g/mol. The van der Waals surface area contributed by atoms with Gasteiger partial charge in [-0.3, -0.25) is 0 Å². The van der Waals surface area contributed by atoms with Gasteiger partial charge in [0.05, 0.1) is 0 Å². The summed E-state index contributed by atoms with van der Waals surface area (Å²) in [5.41, 5.74) is 1.83. The third kappa shape index (κ3) is 3510. The molecule has 3 heteroatoms. The molecule has 0 rings (SSSR count). The van der Waals surface area contributed by atoms with E-state index in [0.717, 1.165) is 11.1 Å². The van der Waals surface area contributed by atoms with Crippen LogP contribution in [0, 0.1) is 13.8 Å². The van der Waals surface area contributed by atoms with Crippen LogP contribution < -0.4 is 0 Å². The number of halogens is 2. The van der Waals surface area contributed by atoms with Gasteiger partial charge in [-0.1, -0.05) is 13.8 Å². The maximum absolute atomic E-state index is 4.81. The molecule has 0 heterocycles. The second-order valence-corrected chi connectivity index (χ2v) is 4.32. The van der Waals surface area contributed by atoms with Crippen LogP contribution in [0.5, 0.6) is 0 Å². The van der Waals surface area contributed by atoms with Gasteiger partial charge in [-0.15, -0.1) is 0 Å². The SMILES string of the molecule is C=C([CH2-])C.C=C([CH2-])C.[Cl][Pd][Cl]. The number of allylic oxidation sites excluding steroid dienone is 2. The number of hydrogen-bond acceptors (Lipinski definition) is 0. The van der Waals surface area contributed by atoms with Gasteiger partial charge in [-0.25, -0.2) is 38.2 Å². The summed E-state index contributed by atoms with van der Waals surface area (Å²) in [6, 6.07) is 0. The van der Waals surface area contributed by atoms with Crippen molar-refractivity contribution >= 4 is 19.1 Å². The Morgan fingerprint density at radius 2 is 1.09 bits per heavy atom. The van der Waals surface area contributed by atoms with Gasteiger partial charge < -0.3 is 0 Å². The van der Waals surface area contributed by atoms with Crippen molar-refractivity contribution in [3.05, 3.63) is 38.2 Å². The summed E-state index contributed by atoms with van der Waals surface area (Å²) in [4.78, 5) is 0. The van der Waals surface area contributed by atoms with Crippen molar-refractivity contribution < 1.29 is 15.9 Å². The summed E-state index contributed by atoms with van der Waals surface area (Å²) in [6.45, 7) is 17.5. The first kappa shape index (κ1) is 17.5. The molecule has 0 nitrogen and oxygen atoms in total. The van der Waals surface area contributed by atoms with Crippen LogP contribution >= 0.6 is 19.1 Å². The summed E-state index contributed by atoms with van der Waals surface area (Å²) in [5.74, 6) is 0.